The topological polar surface area (TPSA) is 98.9 Å². The third-order valence-corrected chi connectivity index (χ3v) is 8.47. The fourth-order valence-corrected chi connectivity index (χ4v) is 6.63. The van der Waals surface area contributed by atoms with E-state index in [-0.39, 0.29) is 18.9 Å². The van der Waals surface area contributed by atoms with Gasteiger partial charge in [-0.25, -0.2) is 9.74 Å². The van der Waals surface area contributed by atoms with Gasteiger partial charge in [-0.3, -0.25) is 9.59 Å². The number of nitrogens with zero attached hydrogens (tertiary/aromatic N) is 2. The van der Waals surface area contributed by atoms with E-state index in [0.29, 0.717) is 45.8 Å². The molecule has 9 heteroatoms. The van der Waals surface area contributed by atoms with E-state index in [4.69, 9.17) is 25.5 Å². The molecule has 3 heterocycles. The number of ether oxygens (including phenoxy) is 4. The average molecular weight is 529 g/mol. The van der Waals surface area contributed by atoms with E-state index < -0.39 is 35.0 Å². The van der Waals surface area contributed by atoms with E-state index in [1.165, 1.54) is 4.90 Å². The molecule has 3 saturated heterocycles. The zero-order valence-electron chi connectivity index (χ0n) is 21.8. The van der Waals surface area contributed by atoms with Gasteiger partial charge in [-0.2, -0.15) is 0 Å². The Labute approximate surface area is 225 Å². The minimum absolute atomic E-state index is 0.187. The predicted molar refractivity (Wildman–Crippen MR) is 142 cm³/mol. The summed E-state index contributed by atoms with van der Waals surface area (Å²) in [7, 11) is 3.11. The van der Waals surface area contributed by atoms with E-state index in [0.717, 1.165) is 0 Å². The van der Waals surface area contributed by atoms with Crippen molar-refractivity contribution in [3.63, 3.8) is 0 Å². The lowest BCUT2D eigenvalue weighted by Crippen LogP contribution is -2.49. The van der Waals surface area contributed by atoms with Crippen LogP contribution in [0, 0.1) is 18.4 Å². The maximum atomic E-state index is 14.0. The molecular weight excluding hydrogens is 500 g/mol. The highest BCUT2D eigenvalue weighted by Gasteiger charge is 2.77. The summed E-state index contributed by atoms with van der Waals surface area (Å²) < 4.78 is 23.1. The lowest BCUT2D eigenvalue weighted by molar-refractivity contribution is -0.134. The SMILES string of the molecule is [C-]#[N+]c1ccc(N2C(=O)[C@@H]3[C@H](C2=O)C2(C)OC3(CCOc3cc(OC)cc(OC)c3)C[C@H]2O)c2ccccc12. The van der Waals surface area contributed by atoms with E-state index >= 15 is 0 Å². The first-order chi connectivity index (χ1) is 18.8. The number of rotatable bonds is 7. The smallest absolute Gasteiger partial charge is 0.240 e. The Bertz CT molecular complexity index is 1530. The van der Waals surface area contributed by atoms with Crippen LogP contribution in [0.1, 0.15) is 19.8 Å². The first-order valence-corrected chi connectivity index (χ1v) is 12.8. The summed E-state index contributed by atoms with van der Waals surface area (Å²) in [5.74, 6) is -0.664. The number of imide groups is 1. The predicted octanol–water partition coefficient (Wildman–Crippen LogP) is 4.27. The summed E-state index contributed by atoms with van der Waals surface area (Å²) in [6.45, 7) is 9.40. The number of aliphatic hydroxyl groups excluding tert-OH is 1. The number of aliphatic hydroxyl groups is 1. The van der Waals surface area contributed by atoms with Gasteiger partial charge < -0.3 is 24.1 Å². The van der Waals surface area contributed by atoms with Crippen molar-refractivity contribution in [2.75, 3.05) is 25.7 Å². The van der Waals surface area contributed by atoms with Gasteiger partial charge in [-0.05, 0) is 23.8 Å². The van der Waals surface area contributed by atoms with Crippen molar-refractivity contribution in [3.05, 3.63) is 66.0 Å². The van der Waals surface area contributed by atoms with Crippen LogP contribution in [-0.4, -0.2) is 55.1 Å². The number of fused-ring (bicyclic) bond motifs is 6. The van der Waals surface area contributed by atoms with Gasteiger partial charge in [0.1, 0.15) is 22.8 Å². The van der Waals surface area contributed by atoms with Gasteiger partial charge in [-0.1, -0.05) is 30.3 Å². The van der Waals surface area contributed by atoms with Crippen LogP contribution in [0.3, 0.4) is 0 Å². The normalized spacial score (nSPS) is 29.0. The summed E-state index contributed by atoms with van der Waals surface area (Å²) in [5.41, 5.74) is -1.37. The van der Waals surface area contributed by atoms with Crippen molar-refractivity contribution in [1.29, 1.82) is 0 Å². The molecule has 6 rings (SSSR count). The Morgan fingerprint density at radius 3 is 2.31 bits per heavy atom. The Kier molecular flexibility index (Phi) is 5.79. The summed E-state index contributed by atoms with van der Waals surface area (Å²) in [6, 6.07) is 15.7. The van der Waals surface area contributed by atoms with Crippen LogP contribution in [-0.2, 0) is 14.3 Å². The first-order valence-electron chi connectivity index (χ1n) is 12.8. The third kappa shape index (κ3) is 3.59. The summed E-state index contributed by atoms with van der Waals surface area (Å²) >= 11 is 0. The van der Waals surface area contributed by atoms with E-state index in [9.17, 15) is 14.7 Å². The van der Waals surface area contributed by atoms with Gasteiger partial charge in [0, 0.05) is 31.0 Å². The summed E-state index contributed by atoms with van der Waals surface area (Å²) in [4.78, 5) is 32.8. The van der Waals surface area contributed by atoms with E-state index in [1.54, 1.807) is 51.5 Å². The van der Waals surface area contributed by atoms with Gasteiger partial charge in [-0.15, -0.1) is 0 Å². The Balaban J connectivity index is 1.33. The molecule has 2 amide bonds. The van der Waals surface area contributed by atoms with Crippen LogP contribution >= 0.6 is 0 Å². The maximum Gasteiger partial charge on any atom is 0.240 e. The molecular formula is C30H28N2O7. The minimum atomic E-state index is -1.20. The van der Waals surface area contributed by atoms with Gasteiger partial charge in [0.15, 0.2) is 5.69 Å². The quantitative estimate of drug-likeness (QED) is 0.361. The lowest BCUT2D eigenvalue weighted by Gasteiger charge is -2.33. The fraction of sp³-hybridized carbons (Fsp3) is 0.367. The molecule has 0 radical (unpaired) electrons. The number of carbonyl (C=O) groups excluding carboxylic acids is 2. The molecule has 3 aliphatic heterocycles. The number of carbonyl (C=O) groups is 2. The molecule has 0 spiro atoms. The van der Waals surface area contributed by atoms with Crippen molar-refractivity contribution < 1.29 is 33.6 Å². The molecule has 9 nitrogen and oxygen atoms in total. The molecule has 0 saturated carbocycles. The molecule has 3 fully saturated rings. The second-order valence-electron chi connectivity index (χ2n) is 10.4. The lowest BCUT2D eigenvalue weighted by atomic mass is 9.66. The van der Waals surface area contributed by atoms with Crippen LogP contribution in [0.2, 0.25) is 0 Å². The number of benzene rings is 3. The summed E-state index contributed by atoms with van der Waals surface area (Å²) in [5, 5.41) is 12.4. The van der Waals surface area contributed by atoms with E-state index in [2.05, 4.69) is 4.85 Å². The van der Waals surface area contributed by atoms with Crippen molar-refractivity contribution in [2.45, 2.75) is 37.1 Å². The first kappa shape index (κ1) is 25.2. The average Bonchev–Trinajstić information content (AvgIpc) is 3.48. The maximum absolute atomic E-state index is 14.0. The number of hydrogen-bond acceptors (Lipinski definition) is 7. The van der Waals surface area contributed by atoms with Gasteiger partial charge in [0.2, 0.25) is 11.8 Å². The zero-order chi connectivity index (χ0) is 27.5. The highest BCUT2D eigenvalue weighted by molar-refractivity contribution is 6.26. The van der Waals surface area contributed by atoms with E-state index in [1.807, 2.05) is 24.3 Å². The number of anilines is 1. The van der Waals surface area contributed by atoms with Crippen molar-refractivity contribution >= 4 is 34.0 Å². The van der Waals surface area contributed by atoms with Crippen LogP contribution in [0.15, 0.2) is 54.6 Å². The molecule has 1 N–H and O–H groups in total. The largest absolute Gasteiger partial charge is 0.496 e. The highest BCUT2D eigenvalue weighted by atomic mass is 16.6. The summed E-state index contributed by atoms with van der Waals surface area (Å²) in [6.07, 6.45) is -0.391. The third-order valence-electron chi connectivity index (χ3n) is 8.47. The molecule has 2 bridgehead atoms. The molecule has 39 heavy (non-hydrogen) atoms. The monoisotopic (exact) mass is 528 g/mol. The van der Waals surface area contributed by atoms with Crippen LogP contribution < -0.4 is 19.1 Å². The minimum Gasteiger partial charge on any atom is -0.496 e. The molecule has 0 aliphatic carbocycles. The van der Waals surface area contributed by atoms with Crippen LogP contribution in [0.4, 0.5) is 11.4 Å². The van der Waals surface area contributed by atoms with Gasteiger partial charge in [0.05, 0.1) is 56.6 Å². The van der Waals surface area contributed by atoms with Crippen LogP contribution in [0.25, 0.3) is 15.6 Å². The number of amides is 2. The second-order valence-corrected chi connectivity index (χ2v) is 10.4. The van der Waals surface area contributed by atoms with Crippen LogP contribution in [0.5, 0.6) is 17.2 Å². The molecule has 3 aromatic carbocycles. The molecule has 2 unspecified atom stereocenters. The Hall–Kier alpha value is -4.13. The fourth-order valence-electron chi connectivity index (χ4n) is 6.63. The van der Waals surface area contributed by atoms with Gasteiger partial charge >= 0.3 is 0 Å². The molecule has 3 aromatic rings. The van der Waals surface area contributed by atoms with Crippen molar-refractivity contribution in [1.82, 2.24) is 0 Å². The molecule has 0 aromatic heterocycles. The van der Waals surface area contributed by atoms with Crippen molar-refractivity contribution in [2.24, 2.45) is 11.8 Å². The standard InChI is InChI=1S/C30H28N2O7/c1-29-24(33)16-30(39-29,11-12-38-19-14-17(36-3)13-18(15-19)37-4)26-25(29)27(34)32(28(26)35)23-10-9-22(31-2)20-7-5-6-8-21(20)23/h5-10,13-15,24-26,33H,11-12,16H2,1,3-4H3/t24-,25-,26+,29?,30?/m1/s1. The zero-order valence-corrected chi connectivity index (χ0v) is 21.8. The highest BCUT2D eigenvalue weighted by Crippen LogP contribution is 2.62. The molecule has 5 atom stereocenters. The number of methoxy groups -OCH3 is 2. The Morgan fingerprint density at radius 2 is 1.64 bits per heavy atom. The molecule has 3 aliphatic rings. The second kappa shape index (κ2) is 8.97. The Morgan fingerprint density at radius 1 is 1.00 bits per heavy atom. The van der Waals surface area contributed by atoms with Crippen molar-refractivity contribution in [3.8, 4) is 17.2 Å². The van der Waals surface area contributed by atoms with Gasteiger partial charge in [0.25, 0.3) is 0 Å². The number of hydrogen-bond donors (Lipinski definition) is 1. The molecule has 200 valence electrons.